The zero-order chi connectivity index (χ0) is 42.6. The number of pyridine rings is 1. The van der Waals surface area contributed by atoms with Crippen LogP contribution in [0.1, 0.15) is 0 Å². The van der Waals surface area contributed by atoms with Gasteiger partial charge in [0, 0.05) is 65.8 Å². The molecule has 0 saturated carbocycles. The molecule has 0 unspecified atom stereocenters. The van der Waals surface area contributed by atoms with Crippen LogP contribution in [-0.4, -0.2) is 28.5 Å². The molecule has 0 aliphatic rings. The zero-order valence-electron chi connectivity index (χ0n) is 35.0. The van der Waals surface area contributed by atoms with Crippen molar-refractivity contribution >= 4 is 81.7 Å². The molecule has 0 N–H and O–H groups in total. The third-order valence-electron chi connectivity index (χ3n) is 13.2. The van der Waals surface area contributed by atoms with E-state index >= 15 is 0 Å². The summed E-state index contributed by atoms with van der Waals surface area (Å²) in [6.07, 6.45) is 0. The van der Waals surface area contributed by atoms with E-state index in [1.54, 1.807) is 0 Å². The monoisotopic (exact) mass is 828 g/mol. The third kappa shape index (κ3) is 5.38. The van der Waals surface area contributed by atoms with Crippen LogP contribution in [0.5, 0.6) is 0 Å². The molecule has 5 heterocycles. The minimum absolute atomic E-state index is 0.618. The van der Waals surface area contributed by atoms with Crippen molar-refractivity contribution in [1.82, 2.24) is 28.5 Å². The molecule has 9 aromatic carbocycles. The van der Waals surface area contributed by atoms with E-state index in [0.717, 1.165) is 44.6 Å². The molecule has 0 atom stereocenters. The summed E-state index contributed by atoms with van der Waals surface area (Å²) < 4.78 is 7.28. The van der Waals surface area contributed by atoms with Crippen LogP contribution < -0.4 is 0 Å². The van der Waals surface area contributed by atoms with E-state index in [0.29, 0.717) is 17.5 Å². The zero-order valence-corrected chi connectivity index (χ0v) is 35.0. The highest BCUT2D eigenvalue weighted by Crippen LogP contribution is 2.41. The van der Waals surface area contributed by atoms with Gasteiger partial charge in [0.25, 0.3) is 0 Å². The predicted molar refractivity (Wildman–Crippen MR) is 268 cm³/mol. The Morgan fingerprint density at radius 1 is 0.246 bits per heavy atom. The lowest BCUT2D eigenvalue weighted by molar-refractivity contribution is 1.07. The molecule has 0 bridgehead atoms. The van der Waals surface area contributed by atoms with E-state index in [9.17, 15) is 0 Å². The van der Waals surface area contributed by atoms with Gasteiger partial charge in [-0.05, 0) is 72.1 Å². The summed E-state index contributed by atoms with van der Waals surface area (Å²) in [6.45, 7) is 0. The molecule has 5 aromatic heterocycles. The lowest BCUT2D eigenvalue weighted by Crippen LogP contribution is -2.01. The Morgan fingerprint density at radius 3 is 1.35 bits per heavy atom. The molecule has 6 nitrogen and oxygen atoms in total. The van der Waals surface area contributed by atoms with Gasteiger partial charge in [0.1, 0.15) is 0 Å². The largest absolute Gasteiger partial charge is 0.309 e. The number of benzene rings is 9. The van der Waals surface area contributed by atoms with E-state index in [2.05, 4.69) is 171 Å². The number of aromatic nitrogens is 6. The molecule has 0 aliphatic carbocycles. The van der Waals surface area contributed by atoms with Gasteiger partial charge in [-0.1, -0.05) is 152 Å². The standard InChI is InChI=1S/C59H36N6/c1-3-16-37(17-4-1)57-60-58(38-18-5-2-6-19-38)62-59(61-57)39-20-15-21-41(32-39)64-53-31-30-42(63-50-27-12-10-25-46(50)47-26-11-13-28-51(47)63)35-49(53)48-33-40-34-55-45-24-8-7-22-43(45)44-23-9-14-29-52(44)65(55)54(40)36-56(48)64/h1-36H. The van der Waals surface area contributed by atoms with E-state index in [1.165, 1.54) is 65.2 Å². The van der Waals surface area contributed by atoms with Crippen molar-refractivity contribution in [2.45, 2.75) is 0 Å². The fourth-order valence-electron chi connectivity index (χ4n) is 10.3. The smallest absolute Gasteiger partial charge is 0.164 e. The van der Waals surface area contributed by atoms with E-state index in [-0.39, 0.29) is 0 Å². The molecular formula is C59H36N6. The molecule has 0 spiro atoms. The van der Waals surface area contributed by atoms with Crippen molar-refractivity contribution in [3.63, 3.8) is 0 Å². The Balaban J connectivity index is 1.06. The van der Waals surface area contributed by atoms with Gasteiger partial charge < -0.3 is 13.5 Å². The summed E-state index contributed by atoms with van der Waals surface area (Å²) in [4.78, 5) is 15.2. The minimum Gasteiger partial charge on any atom is -0.309 e. The maximum atomic E-state index is 5.12. The van der Waals surface area contributed by atoms with Crippen molar-refractivity contribution in [3.8, 4) is 45.5 Å². The predicted octanol–water partition coefficient (Wildman–Crippen LogP) is 14.8. The lowest BCUT2D eigenvalue weighted by atomic mass is 10.1. The Morgan fingerprint density at radius 2 is 0.708 bits per heavy atom. The average molecular weight is 829 g/mol. The summed E-state index contributed by atoms with van der Waals surface area (Å²) in [7, 11) is 0. The van der Waals surface area contributed by atoms with Crippen molar-refractivity contribution in [1.29, 1.82) is 0 Å². The van der Waals surface area contributed by atoms with Crippen molar-refractivity contribution in [2.75, 3.05) is 0 Å². The summed E-state index contributed by atoms with van der Waals surface area (Å²) >= 11 is 0. The van der Waals surface area contributed by atoms with E-state index in [4.69, 9.17) is 15.0 Å². The van der Waals surface area contributed by atoms with E-state index < -0.39 is 0 Å². The van der Waals surface area contributed by atoms with Crippen LogP contribution in [0.3, 0.4) is 0 Å². The molecule has 6 heteroatoms. The summed E-state index contributed by atoms with van der Waals surface area (Å²) in [5.74, 6) is 1.89. The fraction of sp³-hybridized carbons (Fsp3) is 0. The van der Waals surface area contributed by atoms with Gasteiger partial charge in [-0.2, -0.15) is 0 Å². The van der Waals surface area contributed by atoms with Crippen LogP contribution in [0.4, 0.5) is 0 Å². The highest BCUT2D eigenvalue weighted by molar-refractivity contribution is 6.19. The molecular weight excluding hydrogens is 793 g/mol. The van der Waals surface area contributed by atoms with Crippen molar-refractivity contribution in [2.24, 2.45) is 0 Å². The van der Waals surface area contributed by atoms with Gasteiger partial charge in [0.15, 0.2) is 17.5 Å². The number of nitrogens with zero attached hydrogens (tertiary/aromatic N) is 6. The van der Waals surface area contributed by atoms with Gasteiger partial charge in [-0.3, -0.25) is 0 Å². The molecule has 0 saturated heterocycles. The lowest BCUT2D eigenvalue weighted by Gasteiger charge is -2.13. The second-order valence-corrected chi connectivity index (χ2v) is 16.9. The van der Waals surface area contributed by atoms with Crippen LogP contribution in [0, 0.1) is 0 Å². The number of rotatable bonds is 5. The molecule has 0 radical (unpaired) electrons. The van der Waals surface area contributed by atoms with Crippen LogP contribution in [0.2, 0.25) is 0 Å². The SMILES string of the molecule is c1ccc(-c2nc(-c3ccccc3)nc(-c3cccc(-n4c5ccc(-n6c7ccccc7c7ccccc76)cc5c5cc6cc7c8ccccc8c8ccccc8n7c6cc54)c3)n2)cc1. The molecule has 0 aliphatic heterocycles. The molecule has 14 aromatic rings. The van der Waals surface area contributed by atoms with Gasteiger partial charge in [-0.15, -0.1) is 0 Å². The summed E-state index contributed by atoms with van der Waals surface area (Å²) in [5.41, 5.74) is 13.1. The summed E-state index contributed by atoms with van der Waals surface area (Å²) in [5, 5.41) is 9.78. The number of para-hydroxylation sites is 3. The van der Waals surface area contributed by atoms with Gasteiger partial charge >= 0.3 is 0 Å². The van der Waals surface area contributed by atoms with Gasteiger partial charge in [0.2, 0.25) is 0 Å². The summed E-state index contributed by atoms with van der Waals surface area (Å²) in [6, 6.07) is 78.1. The normalized spacial score (nSPS) is 12.0. The van der Waals surface area contributed by atoms with Crippen LogP contribution in [0.15, 0.2) is 218 Å². The Labute approximate surface area is 372 Å². The van der Waals surface area contributed by atoms with Crippen molar-refractivity contribution in [3.05, 3.63) is 218 Å². The Hall–Kier alpha value is -8.87. The average Bonchev–Trinajstić information content (AvgIpc) is 4.03. The molecule has 302 valence electrons. The topological polar surface area (TPSA) is 52.9 Å². The highest BCUT2D eigenvalue weighted by atomic mass is 15.0. The Kier molecular flexibility index (Phi) is 7.59. The van der Waals surface area contributed by atoms with Gasteiger partial charge in [-0.25, -0.2) is 15.0 Å². The number of hydrogen-bond acceptors (Lipinski definition) is 3. The van der Waals surface area contributed by atoms with Gasteiger partial charge in [0.05, 0.1) is 38.6 Å². The van der Waals surface area contributed by atoms with Crippen LogP contribution in [-0.2, 0) is 0 Å². The molecule has 0 amide bonds. The van der Waals surface area contributed by atoms with E-state index in [1.807, 2.05) is 60.7 Å². The first-order valence-electron chi connectivity index (χ1n) is 22.0. The molecule has 0 fully saturated rings. The van der Waals surface area contributed by atoms with Crippen LogP contribution >= 0.6 is 0 Å². The Bertz CT molecular complexity index is 4120. The first-order chi connectivity index (χ1) is 32.2. The second-order valence-electron chi connectivity index (χ2n) is 16.9. The number of fused-ring (bicyclic) bond motifs is 14. The maximum Gasteiger partial charge on any atom is 0.164 e. The highest BCUT2D eigenvalue weighted by Gasteiger charge is 2.21. The second kappa shape index (κ2) is 13.8. The fourth-order valence-corrected chi connectivity index (χ4v) is 10.3. The first-order valence-corrected chi connectivity index (χ1v) is 22.0. The molecule has 65 heavy (non-hydrogen) atoms. The maximum absolute atomic E-state index is 5.12. The first kappa shape index (κ1) is 35.7. The third-order valence-corrected chi connectivity index (χ3v) is 13.2. The number of hydrogen-bond donors (Lipinski definition) is 0. The quantitative estimate of drug-likeness (QED) is 0.162. The molecule has 14 rings (SSSR count). The van der Waals surface area contributed by atoms with Crippen LogP contribution in [0.25, 0.3) is 127 Å². The minimum atomic E-state index is 0.618. The van der Waals surface area contributed by atoms with Crippen molar-refractivity contribution < 1.29 is 0 Å².